The average Bonchev–Trinajstić information content (AvgIpc) is 3.40. The minimum Gasteiger partial charge on any atom is -0.462 e. The summed E-state index contributed by atoms with van der Waals surface area (Å²) >= 11 is 0. The summed E-state index contributed by atoms with van der Waals surface area (Å²) in [6.07, 6.45) is 88.3. The predicted octanol–water partition coefficient (Wildman–Crippen LogP) is 20.1. The Morgan fingerprint density at radius 3 is 0.851 bits per heavy atom. The Labute approximate surface area is 454 Å². The first-order valence-electron chi connectivity index (χ1n) is 29.5. The van der Waals surface area contributed by atoms with Crippen LogP contribution in [0.4, 0.5) is 0 Å². The molecule has 414 valence electrons. The van der Waals surface area contributed by atoms with Gasteiger partial charge in [-0.1, -0.05) is 243 Å². The van der Waals surface area contributed by atoms with Crippen LogP contribution in [0, 0.1) is 0 Å². The third-order valence-corrected chi connectivity index (χ3v) is 11.8. The van der Waals surface area contributed by atoms with E-state index in [1.54, 1.807) is 0 Å². The molecule has 0 fully saturated rings. The van der Waals surface area contributed by atoms with Crippen LogP contribution in [0.15, 0.2) is 158 Å². The summed E-state index contributed by atoms with van der Waals surface area (Å²) in [5.41, 5.74) is 0. The zero-order valence-corrected chi connectivity index (χ0v) is 47.3. The Hall–Kier alpha value is -4.97. The van der Waals surface area contributed by atoms with Crippen molar-refractivity contribution in [3.63, 3.8) is 0 Å². The van der Waals surface area contributed by atoms with Gasteiger partial charge >= 0.3 is 17.9 Å². The highest BCUT2D eigenvalue weighted by molar-refractivity contribution is 5.71. The minimum absolute atomic E-state index is 0.104. The van der Waals surface area contributed by atoms with Crippen LogP contribution in [0.5, 0.6) is 0 Å². The van der Waals surface area contributed by atoms with Gasteiger partial charge in [0.15, 0.2) is 6.10 Å². The fraction of sp³-hybridized carbons (Fsp3) is 0.574. The van der Waals surface area contributed by atoms with Crippen LogP contribution >= 0.6 is 0 Å². The molecule has 0 rings (SSSR count). The third-order valence-electron chi connectivity index (χ3n) is 11.8. The van der Waals surface area contributed by atoms with Gasteiger partial charge in [-0.2, -0.15) is 0 Å². The van der Waals surface area contributed by atoms with Crippen molar-refractivity contribution in [2.24, 2.45) is 0 Å². The van der Waals surface area contributed by atoms with E-state index in [0.29, 0.717) is 25.7 Å². The number of unbranched alkanes of at least 4 members (excludes halogenated alkanes) is 14. The normalized spacial score (nSPS) is 13.3. The molecular formula is C68H106O6. The lowest BCUT2D eigenvalue weighted by Crippen LogP contribution is -2.30. The quantitative estimate of drug-likeness (QED) is 0.0261. The Morgan fingerprint density at radius 1 is 0.284 bits per heavy atom. The summed E-state index contributed by atoms with van der Waals surface area (Å²) in [4.78, 5) is 38.0. The van der Waals surface area contributed by atoms with E-state index in [-0.39, 0.29) is 31.1 Å². The second kappa shape index (κ2) is 60.6. The number of hydrogen-bond acceptors (Lipinski definition) is 6. The van der Waals surface area contributed by atoms with Gasteiger partial charge in [-0.25, -0.2) is 0 Å². The molecule has 1 atom stereocenters. The van der Waals surface area contributed by atoms with Crippen molar-refractivity contribution in [1.29, 1.82) is 0 Å². The molecule has 0 aliphatic heterocycles. The number of carbonyl (C=O) groups excluding carboxylic acids is 3. The first kappa shape index (κ1) is 69.0. The number of allylic oxidation sites excluding steroid dienone is 26. The number of rotatable bonds is 51. The number of carbonyl (C=O) groups is 3. The molecule has 6 heteroatoms. The summed E-state index contributed by atoms with van der Waals surface area (Å²) < 4.78 is 16.7. The number of ether oxygens (including phenoxy) is 3. The predicted molar refractivity (Wildman–Crippen MR) is 320 cm³/mol. The van der Waals surface area contributed by atoms with Crippen molar-refractivity contribution in [2.45, 2.75) is 239 Å². The van der Waals surface area contributed by atoms with Crippen LogP contribution in [0.2, 0.25) is 0 Å². The van der Waals surface area contributed by atoms with Crippen LogP contribution < -0.4 is 0 Å². The average molecular weight is 1020 g/mol. The molecule has 6 nitrogen and oxygen atoms in total. The molecule has 0 aliphatic carbocycles. The molecule has 0 amide bonds. The van der Waals surface area contributed by atoms with E-state index in [4.69, 9.17) is 14.2 Å². The van der Waals surface area contributed by atoms with Crippen molar-refractivity contribution in [3.8, 4) is 0 Å². The molecule has 0 spiro atoms. The van der Waals surface area contributed by atoms with Crippen molar-refractivity contribution >= 4 is 17.9 Å². The summed E-state index contributed by atoms with van der Waals surface area (Å²) in [5.74, 6) is -0.981. The first-order valence-corrected chi connectivity index (χ1v) is 29.5. The summed E-state index contributed by atoms with van der Waals surface area (Å²) in [5, 5.41) is 0. The molecule has 1 unspecified atom stereocenters. The van der Waals surface area contributed by atoms with Gasteiger partial charge in [0.05, 0.1) is 0 Å². The highest BCUT2D eigenvalue weighted by atomic mass is 16.6. The molecule has 0 radical (unpaired) electrons. The smallest absolute Gasteiger partial charge is 0.306 e. The largest absolute Gasteiger partial charge is 0.462 e. The lowest BCUT2D eigenvalue weighted by molar-refractivity contribution is -0.167. The summed E-state index contributed by atoms with van der Waals surface area (Å²) in [7, 11) is 0. The molecule has 0 aromatic heterocycles. The van der Waals surface area contributed by atoms with E-state index in [2.05, 4.69) is 179 Å². The van der Waals surface area contributed by atoms with Gasteiger partial charge < -0.3 is 14.2 Å². The first-order chi connectivity index (χ1) is 36.5. The van der Waals surface area contributed by atoms with Crippen molar-refractivity contribution in [2.75, 3.05) is 13.2 Å². The van der Waals surface area contributed by atoms with E-state index in [0.717, 1.165) is 154 Å². The SMILES string of the molecule is CC/C=C\C/C=C\C/C=C\C/C=C\C/C=C\C/C=C\C/C=C\C/C=C\C/C=C\C/C=C\CCCCC(=O)OCC(COC(=O)CCCCCCCCCC)OC(=O)CCCCCCC/C=C\C/C=C\C/C=C\CC. The minimum atomic E-state index is -0.809. The molecular weight excluding hydrogens is 913 g/mol. The maximum Gasteiger partial charge on any atom is 0.306 e. The molecule has 0 saturated heterocycles. The Kier molecular flexibility index (Phi) is 56.5. The molecule has 0 aromatic rings. The van der Waals surface area contributed by atoms with Crippen LogP contribution in [0.25, 0.3) is 0 Å². The van der Waals surface area contributed by atoms with E-state index in [1.807, 2.05) is 0 Å². The highest BCUT2D eigenvalue weighted by Gasteiger charge is 2.19. The zero-order chi connectivity index (χ0) is 53.6. The van der Waals surface area contributed by atoms with Gasteiger partial charge in [-0.15, -0.1) is 0 Å². The van der Waals surface area contributed by atoms with Crippen LogP contribution in [-0.2, 0) is 28.6 Å². The van der Waals surface area contributed by atoms with Gasteiger partial charge in [0.25, 0.3) is 0 Å². The Bertz CT molecular complexity index is 1690. The second-order valence-corrected chi connectivity index (χ2v) is 18.8. The number of hydrogen-bond donors (Lipinski definition) is 0. The zero-order valence-electron chi connectivity index (χ0n) is 47.3. The van der Waals surface area contributed by atoms with Gasteiger partial charge in [0.1, 0.15) is 13.2 Å². The monoisotopic (exact) mass is 1020 g/mol. The second-order valence-electron chi connectivity index (χ2n) is 18.8. The Morgan fingerprint density at radius 2 is 0.527 bits per heavy atom. The fourth-order valence-corrected chi connectivity index (χ4v) is 7.42. The Balaban J connectivity index is 4.31. The van der Waals surface area contributed by atoms with Gasteiger partial charge in [0.2, 0.25) is 0 Å². The van der Waals surface area contributed by atoms with Crippen molar-refractivity contribution in [3.05, 3.63) is 158 Å². The number of esters is 3. The van der Waals surface area contributed by atoms with E-state index in [9.17, 15) is 14.4 Å². The van der Waals surface area contributed by atoms with Gasteiger partial charge in [0, 0.05) is 19.3 Å². The molecule has 0 aromatic carbocycles. The standard InChI is InChI=1S/C68H106O6/c1-4-7-10-13-16-19-21-23-25-26-27-28-29-30-31-32-33-34-35-36-37-38-39-40-41-42-44-45-47-49-52-55-58-61-67(70)73-64-65(63-72-66(69)60-57-54-51-18-15-12-9-6-3)74-68(71)62-59-56-53-50-48-46-43-24-22-20-17-14-11-8-5-2/h7-8,10-11,16-17,19-20,23-25,27-28,30-31,33-34,36-37,39-40,42-44,47,49,65H,4-6,9,12-15,18,21-22,26,29,32,35,38,41,45-46,48,50-64H2,1-3H3/b10-7-,11-8-,19-16-,20-17-,25-23-,28-27-,31-30-,34-33-,37-36-,40-39-,43-24-,44-42-,49-47-. The van der Waals surface area contributed by atoms with Gasteiger partial charge in [-0.05, 0) is 128 Å². The molecule has 0 N–H and O–H groups in total. The topological polar surface area (TPSA) is 78.9 Å². The maximum absolute atomic E-state index is 12.8. The fourth-order valence-electron chi connectivity index (χ4n) is 7.42. The van der Waals surface area contributed by atoms with E-state index < -0.39 is 6.10 Å². The van der Waals surface area contributed by atoms with E-state index >= 15 is 0 Å². The molecule has 0 bridgehead atoms. The molecule has 0 aliphatic rings. The van der Waals surface area contributed by atoms with Crippen molar-refractivity contribution in [1.82, 2.24) is 0 Å². The lowest BCUT2D eigenvalue weighted by Gasteiger charge is -2.18. The van der Waals surface area contributed by atoms with Crippen LogP contribution in [-0.4, -0.2) is 37.2 Å². The molecule has 0 heterocycles. The van der Waals surface area contributed by atoms with Crippen LogP contribution in [0.1, 0.15) is 233 Å². The van der Waals surface area contributed by atoms with E-state index in [1.165, 1.54) is 32.1 Å². The maximum atomic E-state index is 12.8. The summed E-state index contributed by atoms with van der Waals surface area (Å²) in [6.45, 7) is 6.31. The lowest BCUT2D eigenvalue weighted by atomic mass is 10.1. The summed E-state index contributed by atoms with van der Waals surface area (Å²) in [6, 6.07) is 0. The molecule has 0 saturated carbocycles. The van der Waals surface area contributed by atoms with Crippen molar-refractivity contribution < 1.29 is 28.6 Å². The third kappa shape index (κ3) is 57.9. The van der Waals surface area contributed by atoms with Crippen LogP contribution in [0.3, 0.4) is 0 Å². The highest BCUT2D eigenvalue weighted by Crippen LogP contribution is 2.13. The van der Waals surface area contributed by atoms with Gasteiger partial charge in [-0.3, -0.25) is 14.4 Å². The molecule has 74 heavy (non-hydrogen) atoms.